The molecule has 2 aromatic rings. The first-order valence-electron chi connectivity index (χ1n) is 8.22. The normalized spacial score (nSPS) is 16.4. The second-order valence-corrected chi connectivity index (χ2v) is 6.33. The minimum atomic E-state index is -0.944. The average molecular weight is 343 g/mol. The van der Waals surface area contributed by atoms with Crippen LogP contribution in [0.4, 0.5) is 0 Å². The summed E-state index contributed by atoms with van der Waals surface area (Å²) in [6.45, 7) is 2.82. The fraction of sp³-hybridized carbons (Fsp3) is 0.389. The molecular weight excluding hydrogens is 322 g/mol. The summed E-state index contributed by atoms with van der Waals surface area (Å²) in [7, 11) is 0. The number of nitrogens with one attached hydrogen (secondary N) is 1. The van der Waals surface area contributed by atoms with E-state index in [-0.39, 0.29) is 12.5 Å². The molecule has 7 heteroatoms. The number of carboxylic acids is 1. The standard InChI is InChI=1S/C18H21N3O4/c1-13-6-9-21(20-13)15-4-2-14(3-5-15)16(22)19-12-18(17(23)24)7-10-25-11-8-18/h2-6,9H,7-8,10-12H2,1H3,(H,19,22)(H,23,24). The SMILES string of the molecule is Cc1ccn(-c2ccc(C(=O)NCC3(C(=O)O)CCOCC3)cc2)n1. The number of rotatable bonds is 5. The monoisotopic (exact) mass is 343 g/mol. The first-order valence-corrected chi connectivity index (χ1v) is 8.22. The molecule has 0 bridgehead atoms. The van der Waals surface area contributed by atoms with E-state index < -0.39 is 11.4 Å². The van der Waals surface area contributed by atoms with E-state index in [0.29, 0.717) is 31.6 Å². The maximum Gasteiger partial charge on any atom is 0.311 e. The molecule has 2 heterocycles. The van der Waals surface area contributed by atoms with Crippen LogP contribution >= 0.6 is 0 Å². The number of ether oxygens (including phenoxy) is 1. The Balaban J connectivity index is 1.65. The molecule has 1 aromatic heterocycles. The summed E-state index contributed by atoms with van der Waals surface area (Å²) in [6.07, 6.45) is 2.66. The Kier molecular flexibility index (Phi) is 4.85. The van der Waals surface area contributed by atoms with E-state index in [4.69, 9.17) is 4.74 Å². The second-order valence-electron chi connectivity index (χ2n) is 6.33. The van der Waals surface area contributed by atoms with Gasteiger partial charge in [0, 0.05) is 31.5 Å². The molecule has 132 valence electrons. The van der Waals surface area contributed by atoms with Crippen LogP contribution in [0.15, 0.2) is 36.5 Å². The predicted octanol–water partition coefficient (Wildman–Crippen LogP) is 1.79. The highest BCUT2D eigenvalue weighted by Crippen LogP contribution is 2.30. The first kappa shape index (κ1) is 17.2. The second kappa shape index (κ2) is 7.06. The van der Waals surface area contributed by atoms with Crippen LogP contribution in [0.5, 0.6) is 0 Å². The van der Waals surface area contributed by atoms with Gasteiger partial charge in [0.2, 0.25) is 0 Å². The van der Waals surface area contributed by atoms with Gasteiger partial charge >= 0.3 is 5.97 Å². The maximum absolute atomic E-state index is 12.3. The number of nitrogens with zero attached hydrogens (tertiary/aromatic N) is 2. The smallest absolute Gasteiger partial charge is 0.311 e. The molecule has 0 spiro atoms. The summed E-state index contributed by atoms with van der Waals surface area (Å²) < 4.78 is 6.97. The van der Waals surface area contributed by atoms with Gasteiger partial charge in [-0.15, -0.1) is 0 Å². The summed E-state index contributed by atoms with van der Waals surface area (Å²) in [5.41, 5.74) is 1.31. The number of benzene rings is 1. The molecule has 0 aliphatic carbocycles. The van der Waals surface area contributed by atoms with Gasteiger partial charge in [-0.2, -0.15) is 5.10 Å². The number of aryl methyl sites for hydroxylation is 1. The molecule has 1 saturated heterocycles. The number of carbonyl (C=O) groups excluding carboxylic acids is 1. The number of carboxylic acid groups (broad SMARTS) is 1. The first-order chi connectivity index (χ1) is 12.0. The van der Waals surface area contributed by atoms with Gasteiger partial charge in [-0.1, -0.05) is 0 Å². The largest absolute Gasteiger partial charge is 0.481 e. The Labute approximate surface area is 145 Å². The lowest BCUT2D eigenvalue weighted by atomic mass is 9.80. The summed E-state index contributed by atoms with van der Waals surface area (Å²) in [4.78, 5) is 24.0. The van der Waals surface area contributed by atoms with Crippen LogP contribution < -0.4 is 5.32 Å². The molecule has 1 aromatic carbocycles. The van der Waals surface area contributed by atoms with Gasteiger partial charge in [0.1, 0.15) is 0 Å². The van der Waals surface area contributed by atoms with Crippen molar-refractivity contribution in [3.05, 3.63) is 47.8 Å². The highest BCUT2D eigenvalue weighted by atomic mass is 16.5. The van der Waals surface area contributed by atoms with E-state index in [9.17, 15) is 14.7 Å². The van der Waals surface area contributed by atoms with Gasteiger partial charge in [0.15, 0.2) is 0 Å². The zero-order chi connectivity index (χ0) is 17.9. The Bertz CT molecular complexity index is 761. The number of aromatic nitrogens is 2. The van der Waals surface area contributed by atoms with E-state index in [1.807, 2.05) is 31.3 Å². The summed E-state index contributed by atoms with van der Waals surface area (Å²) in [5.74, 6) is -1.17. The molecule has 2 N–H and O–H groups in total. The van der Waals surface area contributed by atoms with Gasteiger partial charge in [-0.3, -0.25) is 9.59 Å². The molecule has 0 atom stereocenters. The average Bonchev–Trinajstić information content (AvgIpc) is 3.07. The van der Waals surface area contributed by atoms with Crippen molar-refractivity contribution in [2.24, 2.45) is 5.41 Å². The van der Waals surface area contributed by atoms with E-state index in [0.717, 1.165) is 11.4 Å². The molecule has 0 saturated carbocycles. The third kappa shape index (κ3) is 3.71. The third-order valence-electron chi connectivity index (χ3n) is 4.61. The minimum absolute atomic E-state index is 0.102. The molecule has 1 fully saturated rings. The molecule has 1 aliphatic heterocycles. The fourth-order valence-electron chi connectivity index (χ4n) is 2.90. The molecule has 1 aliphatic rings. The summed E-state index contributed by atoms with van der Waals surface area (Å²) in [6, 6.07) is 8.93. The number of hydrogen-bond donors (Lipinski definition) is 2. The zero-order valence-electron chi connectivity index (χ0n) is 14.1. The Morgan fingerprint density at radius 1 is 1.24 bits per heavy atom. The molecular formula is C18H21N3O4. The highest BCUT2D eigenvalue weighted by molar-refractivity contribution is 5.94. The van der Waals surface area contributed by atoms with Crippen LogP contribution in [0.2, 0.25) is 0 Å². The number of carbonyl (C=O) groups is 2. The topological polar surface area (TPSA) is 93.5 Å². The van der Waals surface area contributed by atoms with Crippen LogP contribution in [0, 0.1) is 12.3 Å². The van der Waals surface area contributed by atoms with Crippen molar-refractivity contribution in [2.75, 3.05) is 19.8 Å². The third-order valence-corrected chi connectivity index (χ3v) is 4.61. The van der Waals surface area contributed by atoms with Crippen LogP contribution in [-0.4, -0.2) is 46.5 Å². The molecule has 0 radical (unpaired) electrons. The summed E-state index contributed by atoms with van der Waals surface area (Å²) >= 11 is 0. The van der Waals surface area contributed by atoms with Crippen molar-refractivity contribution in [3.8, 4) is 5.69 Å². The van der Waals surface area contributed by atoms with Gasteiger partial charge in [-0.05, 0) is 50.1 Å². The van der Waals surface area contributed by atoms with Crippen molar-refractivity contribution in [1.82, 2.24) is 15.1 Å². The van der Waals surface area contributed by atoms with Crippen LogP contribution in [0.1, 0.15) is 28.9 Å². The fourth-order valence-corrected chi connectivity index (χ4v) is 2.90. The zero-order valence-corrected chi connectivity index (χ0v) is 14.1. The van der Waals surface area contributed by atoms with Crippen molar-refractivity contribution in [1.29, 1.82) is 0 Å². The lowest BCUT2D eigenvalue weighted by Crippen LogP contribution is -2.46. The molecule has 0 unspecified atom stereocenters. The Morgan fingerprint density at radius 3 is 2.48 bits per heavy atom. The minimum Gasteiger partial charge on any atom is -0.481 e. The number of hydrogen-bond acceptors (Lipinski definition) is 4. The lowest BCUT2D eigenvalue weighted by Gasteiger charge is -2.33. The Hall–Kier alpha value is -2.67. The Morgan fingerprint density at radius 2 is 1.92 bits per heavy atom. The number of amides is 1. The van der Waals surface area contributed by atoms with Gasteiger partial charge in [0.05, 0.1) is 16.8 Å². The van der Waals surface area contributed by atoms with Crippen molar-refractivity contribution in [3.63, 3.8) is 0 Å². The van der Waals surface area contributed by atoms with E-state index in [2.05, 4.69) is 10.4 Å². The predicted molar refractivity (Wildman–Crippen MR) is 90.8 cm³/mol. The van der Waals surface area contributed by atoms with Gasteiger partial charge < -0.3 is 15.2 Å². The number of aliphatic carboxylic acids is 1. The molecule has 7 nitrogen and oxygen atoms in total. The van der Waals surface area contributed by atoms with Crippen LogP contribution in [0.3, 0.4) is 0 Å². The van der Waals surface area contributed by atoms with Crippen molar-refractivity contribution < 1.29 is 19.4 Å². The van der Waals surface area contributed by atoms with Crippen molar-refractivity contribution >= 4 is 11.9 Å². The molecule has 3 rings (SSSR count). The summed E-state index contributed by atoms with van der Waals surface area (Å²) in [5, 5.41) is 16.6. The van der Waals surface area contributed by atoms with Gasteiger partial charge in [-0.25, -0.2) is 4.68 Å². The maximum atomic E-state index is 12.3. The highest BCUT2D eigenvalue weighted by Gasteiger charge is 2.40. The quantitative estimate of drug-likeness (QED) is 0.863. The van der Waals surface area contributed by atoms with E-state index in [1.54, 1.807) is 16.8 Å². The van der Waals surface area contributed by atoms with E-state index in [1.165, 1.54) is 0 Å². The molecule has 25 heavy (non-hydrogen) atoms. The van der Waals surface area contributed by atoms with Crippen molar-refractivity contribution in [2.45, 2.75) is 19.8 Å². The van der Waals surface area contributed by atoms with Crippen LogP contribution in [0.25, 0.3) is 5.69 Å². The lowest BCUT2D eigenvalue weighted by molar-refractivity contribution is -0.154. The van der Waals surface area contributed by atoms with E-state index >= 15 is 0 Å². The van der Waals surface area contributed by atoms with Gasteiger partial charge in [0.25, 0.3) is 5.91 Å². The molecule has 1 amide bonds. The van der Waals surface area contributed by atoms with Crippen LogP contribution in [-0.2, 0) is 9.53 Å².